The highest BCUT2D eigenvalue weighted by molar-refractivity contribution is 6.03. The standard InChI is InChI=1S/C21H17F3N4O3/c22-21(23,24)18-9-14(12-4-2-1-3-5-12)26-19-10-15(27-28(18)19)20(29)25-13-6-7-16-17(8-13)31-11-30-16/h1-8,10,14,18,26H,9,11H2,(H,25,29)/t14-,18-/m1/s1. The van der Waals surface area contributed by atoms with Gasteiger partial charge in [-0.1, -0.05) is 30.3 Å². The summed E-state index contributed by atoms with van der Waals surface area (Å²) in [6.07, 6.45) is -4.74. The molecule has 0 aliphatic carbocycles. The largest absolute Gasteiger partial charge is 0.454 e. The second-order valence-electron chi connectivity index (χ2n) is 7.28. The van der Waals surface area contributed by atoms with Gasteiger partial charge in [-0.15, -0.1) is 0 Å². The third kappa shape index (κ3) is 3.65. The Morgan fingerprint density at radius 3 is 2.65 bits per heavy atom. The molecule has 160 valence electrons. The Morgan fingerprint density at radius 2 is 1.87 bits per heavy atom. The van der Waals surface area contributed by atoms with E-state index in [9.17, 15) is 18.0 Å². The number of rotatable bonds is 3. The van der Waals surface area contributed by atoms with Crippen LogP contribution in [0.1, 0.15) is 34.6 Å². The minimum Gasteiger partial charge on any atom is -0.454 e. The summed E-state index contributed by atoms with van der Waals surface area (Å²) in [5, 5.41) is 9.67. The molecular weight excluding hydrogens is 413 g/mol. The number of alkyl halides is 3. The molecule has 3 aromatic rings. The molecule has 1 amide bonds. The number of hydrogen-bond acceptors (Lipinski definition) is 5. The molecule has 0 spiro atoms. The number of halogens is 3. The van der Waals surface area contributed by atoms with Gasteiger partial charge in [0.2, 0.25) is 6.79 Å². The number of benzene rings is 2. The first-order valence-corrected chi connectivity index (χ1v) is 9.57. The molecule has 0 saturated carbocycles. The lowest BCUT2D eigenvalue weighted by Gasteiger charge is -2.33. The molecule has 7 nitrogen and oxygen atoms in total. The molecular formula is C21H17F3N4O3. The van der Waals surface area contributed by atoms with E-state index in [2.05, 4.69) is 15.7 Å². The van der Waals surface area contributed by atoms with Gasteiger partial charge in [0.05, 0.1) is 6.04 Å². The number of anilines is 2. The molecule has 10 heteroatoms. The van der Waals surface area contributed by atoms with Gasteiger partial charge >= 0.3 is 6.18 Å². The molecule has 5 rings (SSSR count). The highest BCUT2D eigenvalue weighted by Gasteiger charge is 2.46. The fourth-order valence-corrected chi connectivity index (χ4v) is 3.76. The van der Waals surface area contributed by atoms with Crippen LogP contribution in [-0.4, -0.2) is 28.7 Å². The average Bonchev–Trinajstić information content (AvgIpc) is 3.39. The summed E-state index contributed by atoms with van der Waals surface area (Å²) < 4.78 is 52.7. The van der Waals surface area contributed by atoms with Crippen LogP contribution in [0.15, 0.2) is 54.6 Å². The number of carbonyl (C=O) groups excluding carboxylic acids is 1. The van der Waals surface area contributed by atoms with Crippen molar-refractivity contribution in [2.45, 2.75) is 24.7 Å². The molecule has 0 unspecified atom stereocenters. The fourth-order valence-electron chi connectivity index (χ4n) is 3.76. The minimum atomic E-state index is -4.51. The van der Waals surface area contributed by atoms with E-state index < -0.39 is 24.2 Å². The first-order chi connectivity index (χ1) is 14.9. The number of hydrogen-bond donors (Lipinski definition) is 2. The maximum absolute atomic E-state index is 13.8. The molecule has 2 atom stereocenters. The zero-order valence-electron chi connectivity index (χ0n) is 16.0. The Kier molecular flexibility index (Phi) is 4.49. The Labute approximate surface area is 174 Å². The lowest BCUT2D eigenvalue weighted by Crippen LogP contribution is -2.35. The number of nitrogens with one attached hydrogen (secondary N) is 2. The first kappa shape index (κ1) is 19.3. The fraction of sp³-hybridized carbons (Fsp3) is 0.238. The molecule has 2 N–H and O–H groups in total. The van der Waals surface area contributed by atoms with E-state index in [1.165, 1.54) is 6.07 Å². The van der Waals surface area contributed by atoms with E-state index in [1.54, 1.807) is 48.5 Å². The first-order valence-electron chi connectivity index (χ1n) is 9.57. The third-order valence-electron chi connectivity index (χ3n) is 5.25. The Hall–Kier alpha value is -3.69. The summed E-state index contributed by atoms with van der Waals surface area (Å²) in [7, 11) is 0. The van der Waals surface area contributed by atoms with Crippen molar-refractivity contribution in [3.63, 3.8) is 0 Å². The van der Waals surface area contributed by atoms with Crippen molar-refractivity contribution in [3.8, 4) is 11.5 Å². The van der Waals surface area contributed by atoms with Gasteiger partial charge in [-0.2, -0.15) is 18.3 Å². The van der Waals surface area contributed by atoms with E-state index in [-0.39, 0.29) is 24.7 Å². The van der Waals surface area contributed by atoms with E-state index in [0.29, 0.717) is 17.2 Å². The number of carbonyl (C=O) groups is 1. The predicted octanol–water partition coefficient (Wildman–Crippen LogP) is 4.52. The normalized spacial score (nSPS) is 19.5. The van der Waals surface area contributed by atoms with E-state index >= 15 is 0 Å². The number of aromatic nitrogens is 2. The van der Waals surface area contributed by atoms with Crippen LogP contribution in [0.25, 0.3) is 0 Å². The second-order valence-corrected chi connectivity index (χ2v) is 7.28. The van der Waals surface area contributed by atoms with Crippen LogP contribution in [0, 0.1) is 0 Å². The van der Waals surface area contributed by atoms with Crippen LogP contribution in [0.4, 0.5) is 24.7 Å². The number of nitrogens with zero attached hydrogens (tertiary/aromatic N) is 2. The summed E-state index contributed by atoms with van der Waals surface area (Å²) in [5.74, 6) is 0.545. The van der Waals surface area contributed by atoms with Gasteiger partial charge in [-0.3, -0.25) is 4.79 Å². The molecule has 31 heavy (non-hydrogen) atoms. The van der Waals surface area contributed by atoms with Gasteiger partial charge in [-0.05, 0) is 17.7 Å². The Balaban J connectivity index is 1.42. The third-order valence-corrected chi connectivity index (χ3v) is 5.25. The van der Waals surface area contributed by atoms with E-state index in [0.717, 1.165) is 10.2 Å². The summed E-state index contributed by atoms with van der Waals surface area (Å²) in [5.41, 5.74) is 1.03. The van der Waals surface area contributed by atoms with E-state index in [4.69, 9.17) is 9.47 Å². The monoisotopic (exact) mass is 430 g/mol. The van der Waals surface area contributed by atoms with Crippen LogP contribution in [0.2, 0.25) is 0 Å². The summed E-state index contributed by atoms with van der Waals surface area (Å²) in [4.78, 5) is 12.7. The Bertz CT molecular complexity index is 1130. The maximum Gasteiger partial charge on any atom is 0.410 e. The van der Waals surface area contributed by atoms with Crippen LogP contribution < -0.4 is 20.1 Å². The number of ether oxygens (including phenoxy) is 2. The number of fused-ring (bicyclic) bond motifs is 2. The molecule has 0 saturated heterocycles. The van der Waals surface area contributed by atoms with Crippen molar-refractivity contribution in [2.24, 2.45) is 0 Å². The SMILES string of the molecule is O=C(Nc1ccc2c(c1)OCO2)c1cc2n(n1)[C@@H](C(F)(F)F)C[C@H](c1ccccc1)N2. The van der Waals surface area contributed by atoms with Gasteiger partial charge in [0.15, 0.2) is 23.2 Å². The lowest BCUT2D eigenvalue weighted by atomic mass is 9.97. The molecule has 2 aliphatic rings. The molecule has 3 heterocycles. The second kappa shape index (κ2) is 7.22. The van der Waals surface area contributed by atoms with Gasteiger partial charge in [0, 0.05) is 24.2 Å². The molecule has 0 radical (unpaired) electrons. The quantitative estimate of drug-likeness (QED) is 0.639. The van der Waals surface area contributed by atoms with Crippen molar-refractivity contribution in [3.05, 3.63) is 65.9 Å². The van der Waals surface area contributed by atoms with E-state index in [1.807, 2.05) is 0 Å². The molecule has 0 fully saturated rings. The molecule has 0 bridgehead atoms. The lowest BCUT2D eigenvalue weighted by molar-refractivity contribution is -0.173. The van der Waals surface area contributed by atoms with Crippen LogP contribution in [0.5, 0.6) is 11.5 Å². The van der Waals surface area contributed by atoms with Crippen molar-refractivity contribution in [1.82, 2.24) is 9.78 Å². The molecule has 2 aliphatic heterocycles. The topological polar surface area (TPSA) is 77.4 Å². The van der Waals surface area contributed by atoms with Gasteiger partial charge in [0.1, 0.15) is 5.82 Å². The summed E-state index contributed by atoms with van der Waals surface area (Å²) in [6, 6.07) is 12.7. The average molecular weight is 430 g/mol. The molecule has 2 aromatic carbocycles. The maximum atomic E-state index is 13.8. The zero-order valence-corrected chi connectivity index (χ0v) is 16.0. The van der Waals surface area contributed by atoms with Crippen molar-refractivity contribution in [1.29, 1.82) is 0 Å². The highest BCUT2D eigenvalue weighted by Crippen LogP contribution is 2.43. The van der Waals surface area contributed by atoms with Gasteiger partial charge in [0.25, 0.3) is 5.91 Å². The predicted molar refractivity (Wildman–Crippen MR) is 105 cm³/mol. The van der Waals surface area contributed by atoms with Crippen LogP contribution >= 0.6 is 0 Å². The summed E-state index contributed by atoms with van der Waals surface area (Å²) in [6.45, 7) is 0.0909. The summed E-state index contributed by atoms with van der Waals surface area (Å²) >= 11 is 0. The van der Waals surface area contributed by atoms with Gasteiger partial charge in [-0.25, -0.2) is 4.68 Å². The zero-order chi connectivity index (χ0) is 21.6. The molecule has 1 aromatic heterocycles. The van der Waals surface area contributed by atoms with Crippen molar-refractivity contribution < 1.29 is 27.4 Å². The van der Waals surface area contributed by atoms with Gasteiger partial charge < -0.3 is 20.1 Å². The van der Waals surface area contributed by atoms with Crippen LogP contribution in [-0.2, 0) is 0 Å². The highest BCUT2D eigenvalue weighted by atomic mass is 19.4. The van der Waals surface area contributed by atoms with Crippen LogP contribution in [0.3, 0.4) is 0 Å². The smallest absolute Gasteiger partial charge is 0.410 e. The minimum absolute atomic E-state index is 0.0909. The number of amides is 1. The Morgan fingerprint density at radius 1 is 1.10 bits per heavy atom. The van der Waals surface area contributed by atoms with Crippen molar-refractivity contribution >= 4 is 17.4 Å². The van der Waals surface area contributed by atoms with Crippen molar-refractivity contribution in [2.75, 3.05) is 17.4 Å².